The van der Waals surface area contributed by atoms with Crippen molar-refractivity contribution in [2.45, 2.75) is 68.4 Å². The van der Waals surface area contributed by atoms with E-state index in [1.165, 1.54) is 14.2 Å². The van der Waals surface area contributed by atoms with Crippen molar-refractivity contribution in [2.24, 2.45) is 17.3 Å². The lowest BCUT2D eigenvalue weighted by molar-refractivity contribution is -0.313. The first-order valence-electron chi connectivity index (χ1n) is 10.4. The number of fused-ring (bicyclic) bond motifs is 8. The Balaban J connectivity index is 1.73. The summed E-state index contributed by atoms with van der Waals surface area (Å²) in [6, 6.07) is 0. The number of epoxide rings is 1. The molecular formula is C21H28O10. The largest absolute Gasteiger partial charge is 0.498 e. The lowest BCUT2D eigenvalue weighted by Crippen LogP contribution is -2.78. The number of hydrogen-bond acceptors (Lipinski definition) is 10. The summed E-state index contributed by atoms with van der Waals surface area (Å²) >= 11 is 0. The third-order valence-corrected chi connectivity index (χ3v) is 8.64. The van der Waals surface area contributed by atoms with Gasteiger partial charge in [0.1, 0.15) is 47.8 Å². The molecule has 10 nitrogen and oxygen atoms in total. The average molecular weight is 440 g/mol. The number of aliphatic hydroxyl groups excluding tert-OH is 1. The zero-order valence-corrected chi connectivity index (χ0v) is 18.1. The molecule has 3 aliphatic heterocycles. The third kappa shape index (κ3) is 1.94. The number of aliphatic hydroxyl groups is 3. The Labute approximate surface area is 179 Å². The van der Waals surface area contributed by atoms with Crippen LogP contribution >= 0.6 is 0 Å². The number of esters is 2. The highest BCUT2D eigenvalue weighted by molar-refractivity contribution is 5.93. The van der Waals surface area contributed by atoms with Crippen LogP contribution in [0.5, 0.6) is 0 Å². The van der Waals surface area contributed by atoms with Gasteiger partial charge in [-0.1, -0.05) is 20.8 Å². The smallest absolute Gasteiger partial charge is 0.338 e. The highest BCUT2D eigenvalue weighted by Gasteiger charge is 2.95. The predicted octanol–water partition coefficient (Wildman–Crippen LogP) is -0.959. The molecule has 0 aromatic carbocycles. The minimum absolute atomic E-state index is 0.0108. The summed E-state index contributed by atoms with van der Waals surface area (Å²) in [5.41, 5.74) is -6.21. The minimum Gasteiger partial charge on any atom is -0.498 e. The van der Waals surface area contributed by atoms with E-state index in [1.807, 2.05) is 0 Å². The monoisotopic (exact) mass is 440 g/mol. The second-order valence-corrected chi connectivity index (χ2v) is 9.71. The molecule has 0 aromatic heterocycles. The van der Waals surface area contributed by atoms with E-state index in [4.69, 9.17) is 23.7 Å². The zero-order chi connectivity index (χ0) is 22.7. The second-order valence-electron chi connectivity index (χ2n) is 9.71. The fourth-order valence-corrected chi connectivity index (χ4v) is 7.01. The molecule has 0 radical (unpaired) electrons. The summed E-state index contributed by atoms with van der Waals surface area (Å²) in [6.07, 6.45) is -3.63. The predicted molar refractivity (Wildman–Crippen MR) is 100 cm³/mol. The molecule has 3 heterocycles. The van der Waals surface area contributed by atoms with Crippen LogP contribution in [0.1, 0.15) is 27.2 Å². The van der Waals surface area contributed by atoms with Gasteiger partial charge in [-0.25, -0.2) is 4.79 Å². The van der Waals surface area contributed by atoms with Gasteiger partial charge in [-0.2, -0.15) is 0 Å². The zero-order valence-electron chi connectivity index (χ0n) is 18.1. The van der Waals surface area contributed by atoms with Crippen LogP contribution in [-0.4, -0.2) is 89.3 Å². The Morgan fingerprint density at radius 3 is 2.42 bits per heavy atom. The molecule has 5 rings (SSSR count). The summed E-state index contributed by atoms with van der Waals surface area (Å²) in [6.45, 7) is 4.69. The molecule has 5 aliphatic rings. The first-order valence-corrected chi connectivity index (χ1v) is 10.4. The lowest BCUT2D eigenvalue weighted by Gasteiger charge is -2.60. The van der Waals surface area contributed by atoms with Gasteiger partial charge in [0.05, 0.1) is 18.1 Å². The number of rotatable bonds is 4. The maximum absolute atomic E-state index is 13.0. The Morgan fingerprint density at radius 1 is 1.19 bits per heavy atom. The average Bonchev–Trinajstić information content (AvgIpc) is 3.37. The fourth-order valence-electron chi connectivity index (χ4n) is 7.01. The van der Waals surface area contributed by atoms with E-state index < -0.39 is 77.0 Å². The highest BCUT2D eigenvalue weighted by atomic mass is 16.7. The molecule has 5 fully saturated rings. The van der Waals surface area contributed by atoms with Gasteiger partial charge >= 0.3 is 11.9 Å². The number of methoxy groups -OCH3 is 2. The number of carbonyl (C=O) groups is 2. The molecular weight excluding hydrogens is 412 g/mol. The van der Waals surface area contributed by atoms with Crippen molar-refractivity contribution in [1.82, 2.24) is 0 Å². The first-order chi connectivity index (χ1) is 14.5. The van der Waals surface area contributed by atoms with E-state index in [1.54, 1.807) is 20.8 Å². The van der Waals surface area contributed by atoms with Gasteiger partial charge in [-0.15, -0.1) is 0 Å². The Kier molecular flexibility index (Phi) is 4.08. The van der Waals surface area contributed by atoms with E-state index in [-0.39, 0.29) is 17.8 Å². The summed E-state index contributed by atoms with van der Waals surface area (Å²) < 4.78 is 28.3. The van der Waals surface area contributed by atoms with Crippen LogP contribution in [0.4, 0.5) is 0 Å². The SMILES string of the molecule is CO/C(CO)=C1\CC2(OC1=O)C1OC1C1(O)C3C(=O)OC(C(OC)C21C)C3(O)C(C)C. The van der Waals surface area contributed by atoms with Gasteiger partial charge in [0.2, 0.25) is 0 Å². The molecule has 9 atom stereocenters. The fraction of sp³-hybridized carbons (Fsp3) is 0.810. The van der Waals surface area contributed by atoms with Crippen LogP contribution in [0.2, 0.25) is 0 Å². The van der Waals surface area contributed by atoms with E-state index in [9.17, 15) is 24.9 Å². The topological polar surface area (TPSA) is 144 Å². The van der Waals surface area contributed by atoms with Gasteiger partial charge in [0, 0.05) is 13.5 Å². The maximum atomic E-state index is 13.0. The summed E-state index contributed by atoms with van der Waals surface area (Å²) in [7, 11) is 2.75. The van der Waals surface area contributed by atoms with Crippen molar-refractivity contribution in [1.29, 1.82) is 0 Å². The molecule has 0 amide bonds. The maximum Gasteiger partial charge on any atom is 0.338 e. The molecule has 3 saturated heterocycles. The highest BCUT2D eigenvalue weighted by Crippen LogP contribution is 2.76. The van der Waals surface area contributed by atoms with Gasteiger partial charge in [-0.3, -0.25) is 4.79 Å². The van der Waals surface area contributed by atoms with E-state index in [0.717, 1.165) is 0 Å². The van der Waals surface area contributed by atoms with Crippen LogP contribution in [0.15, 0.2) is 11.3 Å². The molecule has 31 heavy (non-hydrogen) atoms. The van der Waals surface area contributed by atoms with E-state index in [2.05, 4.69) is 0 Å². The van der Waals surface area contributed by atoms with Crippen molar-refractivity contribution in [3.63, 3.8) is 0 Å². The van der Waals surface area contributed by atoms with Crippen molar-refractivity contribution in [2.75, 3.05) is 20.8 Å². The van der Waals surface area contributed by atoms with Gasteiger partial charge in [-0.05, 0) is 5.92 Å². The Bertz CT molecular complexity index is 893. The molecule has 2 bridgehead atoms. The van der Waals surface area contributed by atoms with Crippen molar-refractivity contribution in [3.05, 3.63) is 11.3 Å². The van der Waals surface area contributed by atoms with Gasteiger partial charge < -0.3 is 39.0 Å². The minimum atomic E-state index is -1.91. The van der Waals surface area contributed by atoms with Crippen molar-refractivity contribution < 1.29 is 48.6 Å². The van der Waals surface area contributed by atoms with E-state index in [0.29, 0.717) is 0 Å². The number of ether oxygens (including phenoxy) is 5. The Morgan fingerprint density at radius 2 is 1.87 bits per heavy atom. The first kappa shape index (κ1) is 21.1. The number of hydrogen-bond donors (Lipinski definition) is 3. The normalized spacial score (nSPS) is 53.4. The molecule has 2 aliphatic carbocycles. The third-order valence-electron chi connectivity index (χ3n) is 8.64. The van der Waals surface area contributed by atoms with Crippen LogP contribution < -0.4 is 0 Å². The molecule has 10 heteroatoms. The lowest BCUT2D eigenvalue weighted by atomic mass is 9.48. The summed E-state index contributed by atoms with van der Waals surface area (Å²) in [5.74, 6) is -3.09. The molecule has 2 saturated carbocycles. The van der Waals surface area contributed by atoms with Crippen LogP contribution in [0, 0.1) is 17.3 Å². The van der Waals surface area contributed by atoms with Crippen LogP contribution in [0.25, 0.3) is 0 Å². The quantitative estimate of drug-likeness (QED) is 0.216. The van der Waals surface area contributed by atoms with Crippen molar-refractivity contribution in [3.8, 4) is 0 Å². The number of carbonyl (C=O) groups excluding carboxylic acids is 2. The van der Waals surface area contributed by atoms with Crippen LogP contribution in [0.3, 0.4) is 0 Å². The second kappa shape index (κ2) is 5.99. The van der Waals surface area contributed by atoms with Crippen LogP contribution in [-0.2, 0) is 33.3 Å². The molecule has 3 N–H and O–H groups in total. The molecule has 0 aromatic rings. The van der Waals surface area contributed by atoms with Gasteiger partial charge in [0.15, 0.2) is 11.7 Å². The van der Waals surface area contributed by atoms with Gasteiger partial charge in [0.25, 0.3) is 0 Å². The molecule has 9 unspecified atom stereocenters. The van der Waals surface area contributed by atoms with Crippen molar-refractivity contribution >= 4 is 11.9 Å². The van der Waals surface area contributed by atoms with E-state index >= 15 is 0 Å². The molecule has 172 valence electrons. The Hall–Kier alpha value is -1.72. The summed E-state index contributed by atoms with van der Waals surface area (Å²) in [5, 5.41) is 33.5. The standard InChI is InChI=1S/C21H28O10/c1-8(2)20(25)11-17(24)30-14(20)12(28-5)18(3)19(13-15(29-13)21(11,18)26)6-9(16(23)31-19)10(7-22)27-4/h8,11-15,22,25-26H,6-7H2,1-5H3/b10-9+. The summed E-state index contributed by atoms with van der Waals surface area (Å²) in [4.78, 5) is 25.9. The molecule has 1 spiro atoms.